The van der Waals surface area contributed by atoms with Gasteiger partial charge in [-0.15, -0.1) is 0 Å². The number of carbonyl (C=O) groups is 1. The van der Waals surface area contributed by atoms with Crippen molar-refractivity contribution in [2.75, 3.05) is 0 Å². The third-order valence-corrected chi connectivity index (χ3v) is 1.86. The van der Waals surface area contributed by atoms with E-state index < -0.39 is 16.8 Å². The minimum Gasteiger partial charge on any atom is -0.457 e. The predicted molar refractivity (Wildman–Crippen MR) is 50.5 cm³/mol. The van der Waals surface area contributed by atoms with E-state index in [1.807, 2.05) is 6.92 Å². The molecule has 0 aromatic carbocycles. The first kappa shape index (κ1) is 11.2. The molecule has 0 saturated heterocycles. The van der Waals surface area contributed by atoms with E-state index in [4.69, 9.17) is 4.74 Å². The summed E-state index contributed by atoms with van der Waals surface area (Å²) in [5.74, 6) is -1.30. The van der Waals surface area contributed by atoms with Gasteiger partial charge in [0.1, 0.15) is 4.92 Å². The van der Waals surface area contributed by atoms with Gasteiger partial charge in [0, 0.05) is 0 Å². The number of nitro groups is 1. The van der Waals surface area contributed by atoms with Crippen LogP contribution in [0, 0.1) is 10.1 Å². The fourth-order valence-corrected chi connectivity index (χ4v) is 0.860. The van der Waals surface area contributed by atoms with Gasteiger partial charge in [0.05, 0.1) is 12.2 Å². The summed E-state index contributed by atoms with van der Waals surface area (Å²) in [6.45, 7) is 3.60. The zero-order valence-electron chi connectivity index (χ0n) is 8.43. The maximum absolute atomic E-state index is 11.3. The first-order chi connectivity index (χ1) is 7.04. The molecule has 6 nitrogen and oxygen atoms in total. The van der Waals surface area contributed by atoms with E-state index in [0.29, 0.717) is 6.42 Å². The van der Waals surface area contributed by atoms with Gasteiger partial charge < -0.3 is 9.15 Å². The fourth-order valence-electron chi connectivity index (χ4n) is 0.860. The Kier molecular flexibility index (Phi) is 3.43. The van der Waals surface area contributed by atoms with Crippen LogP contribution in [-0.2, 0) is 4.74 Å². The third kappa shape index (κ3) is 2.80. The van der Waals surface area contributed by atoms with Crippen molar-refractivity contribution in [3.8, 4) is 0 Å². The zero-order valence-corrected chi connectivity index (χ0v) is 8.43. The van der Waals surface area contributed by atoms with Gasteiger partial charge in [-0.1, -0.05) is 6.92 Å². The molecule has 1 rings (SSSR count). The SMILES string of the molecule is CC[C@H](C)OC(=O)c1ccc([N+](=O)[O-])o1. The Hall–Kier alpha value is -1.85. The smallest absolute Gasteiger partial charge is 0.433 e. The van der Waals surface area contributed by atoms with Crippen molar-refractivity contribution in [1.82, 2.24) is 0 Å². The van der Waals surface area contributed by atoms with Gasteiger partial charge in [-0.3, -0.25) is 10.1 Å². The standard InChI is InChI=1S/C9H11NO5/c1-3-6(2)14-9(11)7-4-5-8(15-7)10(12)13/h4-6H,3H2,1-2H3/t6-/m0/s1. The Bertz CT molecular complexity index is 370. The molecule has 1 aromatic rings. The molecule has 1 aromatic heterocycles. The van der Waals surface area contributed by atoms with E-state index in [9.17, 15) is 14.9 Å². The molecule has 0 N–H and O–H groups in total. The monoisotopic (exact) mass is 213 g/mol. The second-order valence-corrected chi connectivity index (χ2v) is 3.02. The molecule has 0 unspecified atom stereocenters. The Morgan fingerprint density at radius 1 is 1.67 bits per heavy atom. The Morgan fingerprint density at radius 2 is 2.33 bits per heavy atom. The molecule has 0 aliphatic carbocycles. The minimum atomic E-state index is -0.708. The van der Waals surface area contributed by atoms with Crippen molar-refractivity contribution < 1.29 is 18.9 Å². The van der Waals surface area contributed by atoms with Crippen molar-refractivity contribution in [1.29, 1.82) is 0 Å². The highest BCUT2D eigenvalue weighted by atomic mass is 16.7. The van der Waals surface area contributed by atoms with Crippen LogP contribution in [0.4, 0.5) is 5.88 Å². The molecular formula is C9H11NO5. The molecule has 82 valence electrons. The van der Waals surface area contributed by atoms with E-state index in [1.165, 1.54) is 6.07 Å². The van der Waals surface area contributed by atoms with Crippen molar-refractivity contribution in [2.45, 2.75) is 26.4 Å². The van der Waals surface area contributed by atoms with Gasteiger partial charge in [-0.25, -0.2) is 4.79 Å². The Morgan fingerprint density at radius 3 is 2.80 bits per heavy atom. The minimum absolute atomic E-state index is 0.151. The summed E-state index contributed by atoms with van der Waals surface area (Å²) in [6, 6.07) is 2.34. The summed E-state index contributed by atoms with van der Waals surface area (Å²) in [6.07, 6.45) is 0.441. The van der Waals surface area contributed by atoms with Gasteiger partial charge >= 0.3 is 11.9 Å². The summed E-state index contributed by atoms with van der Waals surface area (Å²) >= 11 is 0. The van der Waals surface area contributed by atoms with Crippen LogP contribution < -0.4 is 0 Å². The second-order valence-electron chi connectivity index (χ2n) is 3.02. The summed E-state index contributed by atoms with van der Waals surface area (Å²) in [5.41, 5.74) is 0. The highest BCUT2D eigenvalue weighted by Crippen LogP contribution is 2.17. The summed E-state index contributed by atoms with van der Waals surface area (Å²) < 4.78 is 9.60. The van der Waals surface area contributed by atoms with Crippen LogP contribution >= 0.6 is 0 Å². The summed E-state index contributed by atoms with van der Waals surface area (Å²) in [5, 5.41) is 10.3. The lowest BCUT2D eigenvalue weighted by atomic mass is 10.3. The summed E-state index contributed by atoms with van der Waals surface area (Å²) in [7, 11) is 0. The molecule has 0 saturated carbocycles. The van der Waals surface area contributed by atoms with E-state index in [0.717, 1.165) is 6.07 Å². The molecule has 0 amide bonds. The van der Waals surface area contributed by atoms with Gasteiger partial charge in [-0.2, -0.15) is 0 Å². The van der Waals surface area contributed by atoms with Crippen LogP contribution in [0.1, 0.15) is 30.8 Å². The predicted octanol–water partition coefficient (Wildman–Crippen LogP) is 2.14. The molecule has 0 aliphatic rings. The molecule has 0 radical (unpaired) electrons. The highest BCUT2D eigenvalue weighted by Gasteiger charge is 2.19. The van der Waals surface area contributed by atoms with Crippen molar-refractivity contribution in [3.05, 3.63) is 28.0 Å². The lowest BCUT2D eigenvalue weighted by Crippen LogP contribution is -2.13. The molecule has 0 spiro atoms. The number of hydrogen-bond donors (Lipinski definition) is 0. The molecule has 0 bridgehead atoms. The largest absolute Gasteiger partial charge is 0.457 e. The quantitative estimate of drug-likeness (QED) is 0.434. The Balaban J connectivity index is 2.70. The topological polar surface area (TPSA) is 82.6 Å². The number of esters is 1. The van der Waals surface area contributed by atoms with Crippen molar-refractivity contribution >= 4 is 11.9 Å². The van der Waals surface area contributed by atoms with Crippen LogP contribution in [0.3, 0.4) is 0 Å². The van der Waals surface area contributed by atoms with E-state index in [-0.39, 0.29) is 11.9 Å². The Labute approximate surface area is 86.0 Å². The highest BCUT2D eigenvalue weighted by molar-refractivity contribution is 5.86. The maximum Gasteiger partial charge on any atom is 0.433 e. The van der Waals surface area contributed by atoms with Crippen LogP contribution in [0.25, 0.3) is 0 Å². The number of ether oxygens (including phenoxy) is 1. The molecule has 0 fully saturated rings. The number of hydrogen-bond acceptors (Lipinski definition) is 5. The first-order valence-electron chi connectivity index (χ1n) is 4.49. The molecule has 6 heteroatoms. The molecule has 1 heterocycles. The van der Waals surface area contributed by atoms with Crippen molar-refractivity contribution in [2.24, 2.45) is 0 Å². The average Bonchev–Trinajstić information content (AvgIpc) is 2.66. The summed E-state index contributed by atoms with van der Waals surface area (Å²) in [4.78, 5) is 20.9. The van der Waals surface area contributed by atoms with Crippen LogP contribution in [0.5, 0.6) is 0 Å². The van der Waals surface area contributed by atoms with E-state index in [2.05, 4.69) is 4.42 Å². The van der Waals surface area contributed by atoms with Gasteiger partial charge in [0.15, 0.2) is 0 Å². The average molecular weight is 213 g/mol. The van der Waals surface area contributed by atoms with Crippen LogP contribution in [0.2, 0.25) is 0 Å². The molecular weight excluding hydrogens is 202 g/mol. The van der Waals surface area contributed by atoms with Crippen molar-refractivity contribution in [3.63, 3.8) is 0 Å². The van der Waals surface area contributed by atoms with E-state index in [1.54, 1.807) is 6.92 Å². The maximum atomic E-state index is 11.3. The zero-order chi connectivity index (χ0) is 11.4. The lowest BCUT2D eigenvalue weighted by molar-refractivity contribution is -0.402. The molecule has 0 aliphatic heterocycles. The molecule has 15 heavy (non-hydrogen) atoms. The number of nitrogens with zero attached hydrogens (tertiary/aromatic N) is 1. The van der Waals surface area contributed by atoms with Gasteiger partial charge in [0.25, 0.3) is 0 Å². The van der Waals surface area contributed by atoms with Gasteiger partial charge in [0.2, 0.25) is 5.76 Å². The number of carbonyl (C=O) groups excluding carboxylic acids is 1. The first-order valence-corrected chi connectivity index (χ1v) is 4.49. The fraction of sp³-hybridized carbons (Fsp3) is 0.444. The lowest BCUT2D eigenvalue weighted by Gasteiger charge is -2.08. The van der Waals surface area contributed by atoms with Gasteiger partial charge in [-0.05, 0) is 19.4 Å². The van der Waals surface area contributed by atoms with Crippen LogP contribution in [-0.4, -0.2) is 17.0 Å². The molecule has 1 atom stereocenters. The third-order valence-electron chi connectivity index (χ3n) is 1.86. The normalized spacial score (nSPS) is 12.1. The number of furan rings is 1. The van der Waals surface area contributed by atoms with Crippen LogP contribution in [0.15, 0.2) is 16.5 Å². The van der Waals surface area contributed by atoms with E-state index >= 15 is 0 Å². The number of rotatable bonds is 4. The second kappa shape index (κ2) is 4.59.